The number of aromatic nitrogens is 3. The summed E-state index contributed by atoms with van der Waals surface area (Å²) >= 11 is 0. The Balaban J connectivity index is 1.32. The van der Waals surface area contributed by atoms with E-state index < -0.39 is 0 Å². The lowest BCUT2D eigenvalue weighted by atomic mass is 9.92. The highest BCUT2D eigenvalue weighted by molar-refractivity contribution is 6.13. The van der Waals surface area contributed by atoms with Crippen LogP contribution in [0.15, 0.2) is 146 Å². The molecule has 4 nitrogen and oxygen atoms in total. The molecule has 5 aromatic carbocycles. The van der Waals surface area contributed by atoms with E-state index in [4.69, 9.17) is 9.97 Å². The first kappa shape index (κ1) is 25.8. The number of hydrogen-bond acceptors (Lipinski definition) is 4. The third kappa shape index (κ3) is 4.45. The van der Waals surface area contributed by atoms with Crippen LogP contribution in [0.25, 0.3) is 61.7 Å². The van der Waals surface area contributed by atoms with Crippen molar-refractivity contribution in [3.8, 4) is 44.9 Å². The maximum Gasteiger partial charge on any atom is 0.116 e. The van der Waals surface area contributed by atoms with Crippen molar-refractivity contribution in [2.75, 3.05) is 4.90 Å². The van der Waals surface area contributed by atoms with Crippen LogP contribution in [0.5, 0.6) is 0 Å². The Hall–Kier alpha value is -5.87. The normalized spacial score (nSPS) is 12.1. The van der Waals surface area contributed by atoms with Crippen molar-refractivity contribution < 1.29 is 0 Å². The summed E-state index contributed by atoms with van der Waals surface area (Å²) in [7, 11) is 0. The average Bonchev–Trinajstić information content (AvgIpc) is 3.09. The van der Waals surface area contributed by atoms with Crippen LogP contribution in [0, 0.1) is 0 Å². The van der Waals surface area contributed by atoms with Crippen LogP contribution in [0.2, 0.25) is 0 Å². The maximum absolute atomic E-state index is 5.18. The molecular weight excluding hydrogens is 536 g/mol. The Kier molecular flexibility index (Phi) is 6.31. The Morgan fingerprint density at radius 3 is 2.14 bits per heavy atom. The third-order valence-electron chi connectivity index (χ3n) is 8.17. The smallest absolute Gasteiger partial charge is 0.116 e. The van der Waals surface area contributed by atoms with Gasteiger partial charge in [-0.1, -0.05) is 97.1 Å². The average molecular weight is 565 g/mol. The van der Waals surface area contributed by atoms with Crippen LogP contribution < -0.4 is 4.90 Å². The van der Waals surface area contributed by atoms with Crippen LogP contribution in [-0.2, 0) is 0 Å². The molecule has 1 aliphatic rings. The fraction of sp³-hybridized carbons (Fsp3) is 0.0250. The number of nitrogens with zero attached hydrogens (tertiary/aromatic N) is 4. The second kappa shape index (κ2) is 10.8. The molecule has 7 aromatic rings. The first-order valence-electron chi connectivity index (χ1n) is 14.8. The van der Waals surface area contributed by atoms with Gasteiger partial charge in [0, 0.05) is 27.8 Å². The van der Waals surface area contributed by atoms with Crippen LogP contribution in [0.4, 0.5) is 17.1 Å². The van der Waals surface area contributed by atoms with E-state index in [2.05, 4.69) is 137 Å². The van der Waals surface area contributed by atoms with Gasteiger partial charge in [0.25, 0.3) is 0 Å². The van der Waals surface area contributed by atoms with Gasteiger partial charge in [-0.25, -0.2) is 15.0 Å². The number of allylic oxidation sites excluding steroid dienone is 1. The number of fused-ring (bicyclic) bond motifs is 2. The van der Waals surface area contributed by atoms with E-state index in [9.17, 15) is 0 Å². The van der Waals surface area contributed by atoms with Crippen molar-refractivity contribution >= 4 is 33.9 Å². The summed E-state index contributed by atoms with van der Waals surface area (Å²) in [4.78, 5) is 16.7. The minimum Gasteiger partial charge on any atom is -0.306 e. The number of hydrogen-bond donors (Lipinski definition) is 0. The van der Waals surface area contributed by atoms with Crippen LogP contribution in [-0.4, -0.2) is 15.0 Å². The first-order valence-corrected chi connectivity index (χ1v) is 14.8. The fourth-order valence-electron chi connectivity index (χ4n) is 6.23. The molecule has 0 radical (unpaired) electrons. The molecule has 0 fully saturated rings. The van der Waals surface area contributed by atoms with Crippen LogP contribution >= 0.6 is 0 Å². The number of rotatable bonds is 5. The van der Waals surface area contributed by atoms with Gasteiger partial charge in [-0.05, 0) is 71.5 Å². The van der Waals surface area contributed by atoms with E-state index in [0.29, 0.717) is 0 Å². The van der Waals surface area contributed by atoms with E-state index in [1.54, 1.807) is 6.33 Å². The van der Waals surface area contributed by atoms with Gasteiger partial charge >= 0.3 is 0 Å². The van der Waals surface area contributed by atoms with Crippen molar-refractivity contribution in [2.24, 2.45) is 0 Å². The van der Waals surface area contributed by atoms with Gasteiger partial charge in [0.15, 0.2) is 0 Å². The van der Waals surface area contributed by atoms with Crippen LogP contribution in [0.3, 0.4) is 0 Å². The van der Waals surface area contributed by atoms with E-state index in [1.165, 1.54) is 10.8 Å². The predicted molar refractivity (Wildman–Crippen MR) is 182 cm³/mol. The van der Waals surface area contributed by atoms with Gasteiger partial charge in [0.05, 0.1) is 34.7 Å². The first-order chi connectivity index (χ1) is 21.8. The van der Waals surface area contributed by atoms with Crippen molar-refractivity contribution in [3.63, 3.8) is 0 Å². The summed E-state index contributed by atoms with van der Waals surface area (Å²) in [5.74, 6) is 0. The Labute approximate surface area is 256 Å². The van der Waals surface area contributed by atoms with E-state index >= 15 is 0 Å². The molecule has 4 heteroatoms. The monoisotopic (exact) mass is 564 g/mol. The minimum absolute atomic E-state index is 0.920. The minimum atomic E-state index is 0.920. The molecule has 0 saturated heterocycles. The number of pyridine rings is 1. The van der Waals surface area contributed by atoms with Crippen molar-refractivity contribution in [1.29, 1.82) is 0 Å². The van der Waals surface area contributed by atoms with Gasteiger partial charge in [-0.3, -0.25) is 0 Å². The SMILES string of the molecule is C/C=C/c1cc2c3c(cccc3c1)N(c1cccc(-c3cc(-c4ccccc4)cc(-c4ccccc4)n3)c1)c1cncnc1-2. The summed E-state index contributed by atoms with van der Waals surface area (Å²) in [6, 6.07) is 44.8. The Morgan fingerprint density at radius 2 is 1.34 bits per heavy atom. The summed E-state index contributed by atoms with van der Waals surface area (Å²) < 4.78 is 0. The van der Waals surface area contributed by atoms with Gasteiger partial charge < -0.3 is 4.90 Å². The highest BCUT2D eigenvalue weighted by Crippen LogP contribution is 2.50. The fourth-order valence-corrected chi connectivity index (χ4v) is 6.23. The standard InChI is InChI=1S/C40H28N4/c1-2-11-27-20-31-17-10-19-37-39(31)34(21-27)40-38(25-41-26-42-40)44(37)33-18-9-16-30(22-33)36-24-32(28-12-5-3-6-13-28)23-35(43-36)29-14-7-4-8-15-29/h2-26H,1H3/b11-2+. The zero-order chi connectivity index (χ0) is 29.5. The number of benzene rings is 5. The van der Waals surface area contributed by atoms with Gasteiger partial charge in [-0.15, -0.1) is 0 Å². The largest absolute Gasteiger partial charge is 0.306 e. The summed E-state index contributed by atoms with van der Waals surface area (Å²) in [5, 5.41) is 2.37. The molecule has 0 unspecified atom stereocenters. The summed E-state index contributed by atoms with van der Waals surface area (Å²) in [6.45, 7) is 2.05. The Bertz CT molecular complexity index is 2130. The molecule has 0 atom stereocenters. The molecule has 0 N–H and O–H groups in total. The zero-order valence-electron chi connectivity index (χ0n) is 24.2. The molecule has 0 amide bonds. The van der Waals surface area contributed by atoms with Crippen molar-refractivity contribution in [2.45, 2.75) is 6.92 Å². The van der Waals surface area contributed by atoms with E-state index in [1.807, 2.05) is 25.3 Å². The van der Waals surface area contributed by atoms with Gasteiger partial charge in [-0.2, -0.15) is 0 Å². The summed E-state index contributed by atoms with van der Waals surface area (Å²) in [6.07, 6.45) is 7.77. The van der Waals surface area contributed by atoms with E-state index in [-0.39, 0.29) is 0 Å². The zero-order valence-corrected chi connectivity index (χ0v) is 24.2. The quantitative estimate of drug-likeness (QED) is 0.209. The molecular formula is C40H28N4. The lowest BCUT2D eigenvalue weighted by Gasteiger charge is -2.32. The lowest BCUT2D eigenvalue weighted by molar-refractivity contribution is 1.13. The number of anilines is 3. The Morgan fingerprint density at radius 1 is 0.614 bits per heavy atom. The molecule has 3 heterocycles. The summed E-state index contributed by atoms with van der Waals surface area (Å²) in [5.41, 5.74) is 12.6. The molecule has 2 aromatic heterocycles. The molecule has 208 valence electrons. The van der Waals surface area contributed by atoms with Crippen LogP contribution in [0.1, 0.15) is 12.5 Å². The predicted octanol–water partition coefficient (Wildman–Crippen LogP) is 10.5. The molecule has 0 spiro atoms. The van der Waals surface area contributed by atoms with Crippen molar-refractivity contribution in [3.05, 3.63) is 152 Å². The van der Waals surface area contributed by atoms with Crippen molar-refractivity contribution in [1.82, 2.24) is 15.0 Å². The highest BCUT2D eigenvalue weighted by Gasteiger charge is 2.27. The molecule has 0 saturated carbocycles. The molecule has 44 heavy (non-hydrogen) atoms. The highest BCUT2D eigenvalue weighted by atomic mass is 15.2. The van der Waals surface area contributed by atoms with Gasteiger partial charge in [0.2, 0.25) is 0 Å². The lowest BCUT2D eigenvalue weighted by Crippen LogP contribution is -2.16. The third-order valence-corrected chi connectivity index (χ3v) is 8.17. The second-order valence-electron chi connectivity index (χ2n) is 10.9. The molecule has 1 aliphatic heterocycles. The molecule has 0 bridgehead atoms. The topological polar surface area (TPSA) is 41.9 Å². The maximum atomic E-state index is 5.18. The van der Waals surface area contributed by atoms with Gasteiger partial charge in [0.1, 0.15) is 6.33 Å². The van der Waals surface area contributed by atoms with E-state index in [0.717, 1.165) is 67.5 Å². The second-order valence-corrected chi connectivity index (χ2v) is 10.9. The molecule has 0 aliphatic carbocycles. The molecule has 8 rings (SSSR count).